The van der Waals surface area contributed by atoms with Gasteiger partial charge < -0.3 is 20.6 Å². The third-order valence-corrected chi connectivity index (χ3v) is 3.62. The van der Waals surface area contributed by atoms with Crippen molar-refractivity contribution in [2.45, 2.75) is 19.0 Å². The van der Waals surface area contributed by atoms with Crippen LogP contribution in [-0.4, -0.2) is 50.9 Å². The zero-order valence-electron chi connectivity index (χ0n) is 12.0. The molecule has 0 aliphatic heterocycles. The Morgan fingerprint density at radius 3 is 2.29 bits per heavy atom. The van der Waals surface area contributed by atoms with E-state index in [1.807, 2.05) is 31.2 Å². The van der Waals surface area contributed by atoms with E-state index in [1.54, 1.807) is 6.20 Å². The van der Waals surface area contributed by atoms with Crippen LogP contribution in [0.25, 0.3) is 11.3 Å². The van der Waals surface area contributed by atoms with E-state index < -0.39 is 5.54 Å². The van der Waals surface area contributed by atoms with Crippen molar-refractivity contribution in [3.8, 4) is 11.3 Å². The van der Waals surface area contributed by atoms with Gasteiger partial charge in [0.25, 0.3) is 0 Å². The van der Waals surface area contributed by atoms with E-state index in [9.17, 15) is 15.3 Å². The molecule has 6 nitrogen and oxygen atoms in total. The Labute approximate surface area is 123 Å². The maximum Gasteiger partial charge on any atom is 0.0884 e. The van der Waals surface area contributed by atoms with Gasteiger partial charge in [0.1, 0.15) is 0 Å². The third-order valence-electron chi connectivity index (χ3n) is 3.62. The molecule has 0 spiro atoms. The van der Waals surface area contributed by atoms with Crippen molar-refractivity contribution in [2.24, 2.45) is 0 Å². The SMILES string of the molecule is Cc1ccc(-c2[nH]ncc2CNC(CO)(CO)CO)cc1. The summed E-state index contributed by atoms with van der Waals surface area (Å²) in [5.41, 5.74) is 2.88. The average Bonchev–Trinajstić information content (AvgIpc) is 2.99. The van der Waals surface area contributed by atoms with Gasteiger partial charge in [0.15, 0.2) is 0 Å². The number of aromatic nitrogens is 2. The fraction of sp³-hybridized carbons (Fsp3) is 0.400. The first kappa shape index (κ1) is 15.7. The Hall–Kier alpha value is -1.73. The number of aliphatic hydroxyl groups excluding tert-OH is 3. The number of aromatic amines is 1. The number of rotatable bonds is 7. The molecule has 0 aliphatic rings. The minimum atomic E-state index is -1.10. The fourth-order valence-electron chi connectivity index (χ4n) is 2.02. The summed E-state index contributed by atoms with van der Waals surface area (Å²) in [5, 5.41) is 37.9. The van der Waals surface area contributed by atoms with E-state index in [0.29, 0.717) is 6.54 Å². The lowest BCUT2D eigenvalue weighted by Gasteiger charge is -2.28. The smallest absolute Gasteiger partial charge is 0.0884 e. The van der Waals surface area contributed by atoms with E-state index in [1.165, 1.54) is 5.56 Å². The predicted octanol–water partition coefficient (Wildman–Crippen LogP) is 0.190. The second-order valence-electron chi connectivity index (χ2n) is 5.24. The highest BCUT2D eigenvalue weighted by atomic mass is 16.3. The molecule has 0 amide bonds. The molecule has 6 heteroatoms. The standard InChI is InChI=1S/C15H21N3O3/c1-11-2-4-12(5-3-11)14-13(7-17-18-14)6-16-15(8-19,9-20)10-21/h2-5,7,16,19-21H,6,8-10H2,1H3,(H,17,18). The first-order valence-electron chi connectivity index (χ1n) is 6.81. The van der Waals surface area contributed by atoms with Gasteiger partial charge in [-0.2, -0.15) is 5.10 Å². The summed E-state index contributed by atoms with van der Waals surface area (Å²) in [7, 11) is 0. The highest BCUT2D eigenvalue weighted by Gasteiger charge is 2.27. The van der Waals surface area contributed by atoms with E-state index in [0.717, 1.165) is 16.8 Å². The first-order chi connectivity index (χ1) is 10.1. The van der Waals surface area contributed by atoms with E-state index in [2.05, 4.69) is 15.5 Å². The molecule has 0 radical (unpaired) electrons. The van der Waals surface area contributed by atoms with Crippen LogP contribution in [0.3, 0.4) is 0 Å². The number of benzene rings is 1. The van der Waals surface area contributed by atoms with Gasteiger partial charge in [-0.1, -0.05) is 29.8 Å². The lowest BCUT2D eigenvalue weighted by Crippen LogP contribution is -2.54. The minimum absolute atomic E-state index is 0.349. The second-order valence-corrected chi connectivity index (χ2v) is 5.24. The molecule has 0 bridgehead atoms. The van der Waals surface area contributed by atoms with Crippen LogP contribution in [0.2, 0.25) is 0 Å². The Kier molecular flexibility index (Phi) is 5.08. The van der Waals surface area contributed by atoms with Crippen LogP contribution >= 0.6 is 0 Å². The van der Waals surface area contributed by atoms with Crippen molar-refractivity contribution in [3.63, 3.8) is 0 Å². The van der Waals surface area contributed by atoms with Gasteiger partial charge in [0, 0.05) is 12.1 Å². The summed E-state index contributed by atoms with van der Waals surface area (Å²) in [4.78, 5) is 0. The maximum absolute atomic E-state index is 9.32. The zero-order valence-corrected chi connectivity index (χ0v) is 12.0. The molecule has 0 aliphatic carbocycles. The fourth-order valence-corrected chi connectivity index (χ4v) is 2.02. The lowest BCUT2D eigenvalue weighted by molar-refractivity contribution is 0.0414. The Morgan fingerprint density at radius 2 is 1.71 bits per heavy atom. The number of aryl methyl sites for hydroxylation is 1. The molecule has 114 valence electrons. The van der Waals surface area contributed by atoms with Crippen LogP contribution in [0.1, 0.15) is 11.1 Å². The summed E-state index contributed by atoms with van der Waals surface area (Å²) in [6.45, 7) is 1.35. The first-order valence-corrected chi connectivity index (χ1v) is 6.81. The van der Waals surface area contributed by atoms with Gasteiger partial charge in [-0.25, -0.2) is 0 Å². The Morgan fingerprint density at radius 1 is 1.10 bits per heavy atom. The summed E-state index contributed by atoms with van der Waals surface area (Å²) in [6, 6.07) is 8.05. The molecular weight excluding hydrogens is 270 g/mol. The summed E-state index contributed by atoms with van der Waals surface area (Å²) < 4.78 is 0. The van der Waals surface area contributed by atoms with E-state index in [-0.39, 0.29) is 19.8 Å². The number of hydrogen-bond donors (Lipinski definition) is 5. The predicted molar refractivity (Wildman–Crippen MR) is 79.6 cm³/mol. The molecule has 1 heterocycles. The highest BCUT2D eigenvalue weighted by molar-refractivity contribution is 5.62. The van der Waals surface area contributed by atoms with Crippen molar-refractivity contribution in [3.05, 3.63) is 41.6 Å². The largest absolute Gasteiger partial charge is 0.394 e. The maximum atomic E-state index is 9.32. The van der Waals surface area contributed by atoms with Gasteiger partial charge in [0.2, 0.25) is 0 Å². The molecule has 1 aromatic heterocycles. The molecule has 2 aromatic rings. The van der Waals surface area contributed by atoms with Crippen LogP contribution in [0.4, 0.5) is 0 Å². The zero-order chi connectivity index (χ0) is 15.3. The molecule has 0 saturated carbocycles. The Bertz CT molecular complexity index is 554. The number of aliphatic hydroxyl groups is 3. The lowest BCUT2D eigenvalue weighted by atomic mass is 10.0. The van der Waals surface area contributed by atoms with Gasteiger partial charge in [-0.15, -0.1) is 0 Å². The van der Waals surface area contributed by atoms with Gasteiger partial charge in [-0.3, -0.25) is 5.10 Å². The molecule has 5 N–H and O–H groups in total. The third kappa shape index (κ3) is 3.48. The second kappa shape index (κ2) is 6.82. The monoisotopic (exact) mass is 291 g/mol. The van der Waals surface area contributed by atoms with Crippen LogP contribution in [0.5, 0.6) is 0 Å². The minimum Gasteiger partial charge on any atom is -0.394 e. The number of H-pyrrole nitrogens is 1. The molecule has 0 unspecified atom stereocenters. The van der Waals surface area contributed by atoms with Gasteiger partial charge in [-0.05, 0) is 12.5 Å². The van der Waals surface area contributed by atoms with Crippen LogP contribution in [0.15, 0.2) is 30.5 Å². The topological polar surface area (TPSA) is 101 Å². The average molecular weight is 291 g/mol. The highest BCUT2D eigenvalue weighted by Crippen LogP contribution is 2.21. The van der Waals surface area contributed by atoms with Crippen molar-refractivity contribution in [1.29, 1.82) is 0 Å². The van der Waals surface area contributed by atoms with Crippen molar-refractivity contribution in [1.82, 2.24) is 15.5 Å². The van der Waals surface area contributed by atoms with Gasteiger partial charge in [0.05, 0.1) is 37.3 Å². The number of nitrogens with zero attached hydrogens (tertiary/aromatic N) is 1. The van der Waals surface area contributed by atoms with Crippen molar-refractivity contribution in [2.75, 3.05) is 19.8 Å². The van der Waals surface area contributed by atoms with Crippen LogP contribution in [-0.2, 0) is 6.54 Å². The molecule has 0 fully saturated rings. The van der Waals surface area contributed by atoms with Crippen LogP contribution in [0, 0.1) is 6.92 Å². The van der Waals surface area contributed by atoms with Crippen molar-refractivity contribution < 1.29 is 15.3 Å². The normalized spacial score (nSPS) is 11.8. The van der Waals surface area contributed by atoms with Crippen LogP contribution < -0.4 is 5.32 Å². The quantitative estimate of drug-likeness (QED) is 0.501. The van der Waals surface area contributed by atoms with E-state index >= 15 is 0 Å². The number of nitrogens with one attached hydrogen (secondary N) is 2. The summed E-state index contributed by atoms with van der Waals surface area (Å²) in [6.07, 6.45) is 1.69. The molecule has 0 atom stereocenters. The molecule has 0 saturated heterocycles. The molecular formula is C15H21N3O3. The summed E-state index contributed by atoms with van der Waals surface area (Å²) in [5.74, 6) is 0. The molecule has 21 heavy (non-hydrogen) atoms. The molecule has 2 rings (SSSR count). The molecule has 1 aromatic carbocycles. The van der Waals surface area contributed by atoms with Crippen molar-refractivity contribution >= 4 is 0 Å². The van der Waals surface area contributed by atoms with E-state index in [4.69, 9.17) is 0 Å². The number of hydrogen-bond acceptors (Lipinski definition) is 5. The van der Waals surface area contributed by atoms with Gasteiger partial charge >= 0.3 is 0 Å². The Balaban J connectivity index is 2.16. The summed E-state index contributed by atoms with van der Waals surface area (Å²) >= 11 is 0.